The van der Waals surface area contributed by atoms with Gasteiger partial charge in [0.2, 0.25) is 5.91 Å². The summed E-state index contributed by atoms with van der Waals surface area (Å²) in [5.41, 5.74) is -1.33. The van der Waals surface area contributed by atoms with Gasteiger partial charge in [0.25, 0.3) is 0 Å². The Kier molecular flexibility index (Phi) is 6.65. The summed E-state index contributed by atoms with van der Waals surface area (Å²) >= 11 is 5.59. The SMILES string of the molecule is CCN(CCO)C(C)C(=O)Nc1ccc(Cl)cc1C(F)(F)F. The molecule has 1 atom stereocenters. The number of carbonyl (C=O) groups excluding carboxylic acids is 1. The minimum absolute atomic E-state index is 0.0613. The van der Waals surface area contributed by atoms with E-state index in [1.165, 1.54) is 6.07 Å². The van der Waals surface area contributed by atoms with E-state index in [4.69, 9.17) is 16.7 Å². The van der Waals surface area contributed by atoms with E-state index < -0.39 is 23.7 Å². The van der Waals surface area contributed by atoms with Gasteiger partial charge in [-0.05, 0) is 31.7 Å². The third-order valence-corrected chi connectivity index (χ3v) is 3.50. The zero-order valence-electron chi connectivity index (χ0n) is 12.2. The second kappa shape index (κ2) is 7.80. The number of halogens is 4. The van der Waals surface area contributed by atoms with E-state index in [2.05, 4.69) is 5.32 Å². The lowest BCUT2D eigenvalue weighted by atomic mass is 10.1. The summed E-state index contributed by atoms with van der Waals surface area (Å²) in [6.45, 7) is 3.97. The van der Waals surface area contributed by atoms with E-state index in [-0.39, 0.29) is 23.9 Å². The Morgan fingerprint density at radius 3 is 2.59 bits per heavy atom. The van der Waals surface area contributed by atoms with Crippen LogP contribution in [0.2, 0.25) is 5.02 Å². The molecule has 0 fully saturated rings. The van der Waals surface area contributed by atoms with Crippen molar-refractivity contribution in [2.75, 3.05) is 25.0 Å². The zero-order valence-corrected chi connectivity index (χ0v) is 13.0. The molecule has 0 heterocycles. The van der Waals surface area contributed by atoms with E-state index >= 15 is 0 Å². The highest BCUT2D eigenvalue weighted by Gasteiger charge is 2.34. The number of hydrogen-bond donors (Lipinski definition) is 2. The number of carbonyl (C=O) groups is 1. The molecule has 22 heavy (non-hydrogen) atoms. The first kappa shape index (κ1) is 18.7. The fourth-order valence-electron chi connectivity index (χ4n) is 2.02. The van der Waals surface area contributed by atoms with Gasteiger partial charge in [0.05, 0.1) is 23.9 Å². The van der Waals surface area contributed by atoms with Crippen molar-refractivity contribution in [2.24, 2.45) is 0 Å². The maximum absolute atomic E-state index is 13.0. The first-order valence-electron chi connectivity index (χ1n) is 6.73. The number of amides is 1. The standard InChI is InChI=1S/C14H18ClF3N2O2/c1-3-20(6-7-21)9(2)13(22)19-12-5-4-10(15)8-11(12)14(16,17)18/h4-5,8-9,21H,3,6-7H2,1-2H3,(H,19,22). The summed E-state index contributed by atoms with van der Waals surface area (Å²) in [6, 6.07) is 2.50. The van der Waals surface area contributed by atoms with E-state index in [1.807, 2.05) is 0 Å². The third kappa shape index (κ3) is 4.86. The van der Waals surface area contributed by atoms with Crippen LogP contribution in [-0.4, -0.2) is 41.7 Å². The molecule has 1 rings (SSSR count). The van der Waals surface area contributed by atoms with Gasteiger partial charge in [-0.25, -0.2) is 0 Å². The van der Waals surface area contributed by atoms with Gasteiger partial charge in [0.1, 0.15) is 0 Å². The van der Waals surface area contributed by atoms with Crippen LogP contribution in [0, 0.1) is 0 Å². The number of nitrogens with zero attached hydrogens (tertiary/aromatic N) is 1. The van der Waals surface area contributed by atoms with Crippen molar-refractivity contribution in [2.45, 2.75) is 26.1 Å². The molecule has 0 radical (unpaired) electrons. The lowest BCUT2D eigenvalue weighted by Gasteiger charge is -2.26. The highest BCUT2D eigenvalue weighted by atomic mass is 35.5. The predicted octanol–water partition coefficient (Wildman–Crippen LogP) is 3.00. The van der Waals surface area contributed by atoms with Crippen LogP contribution in [0.4, 0.5) is 18.9 Å². The molecule has 2 N–H and O–H groups in total. The third-order valence-electron chi connectivity index (χ3n) is 3.27. The Labute approximate surface area is 131 Å². The van der Waals surface area contributed by atoms with Crippen LogP contribution < -0.4 is 5.32 Å². The number of rotatable bonds is 6. The van der Waals surface area contributed by atoms with Crippen LogP contribution in [0.15, 0.2) is 18.2 Å². The van der Waals surface area contributed by atoms with Crippen LogP contribution in [0.1, 0.15) is 19.4 Å². The molecule has 1 unspecified atom stereocenters. The average Bonchev–Trinajstić information content (AvgIpc) is 2.44. The van der Waals surface area contributed by atoms with Crippen LogP contribution in [0.25, 0.3) is 0 Å². The summed E-state index contributed by atoms with van der Waals surface area (Å²) in [7, 11) is 0. The van der Waals surface area contributed by atoms with Crippen molar-refractivity contribution in [3.05, 3.63) is 28.8 Å². The molecule has 4 nitrogen and oxygen atoms in total. The Morgan fingerprint density at radius 1 is 1.45 bits per heavy atom. The largest absolute Gasteiger partial charge is 0.418 e. The number of anilines is 1. The van der Waals surface area contributed by atoms with Crippen LogP contribution in [0.3, 0.4) is 0 Å². The molecule has 8 heteroatoms. The molecule has 0 saturated heterocycles. The van der Waals surface area contributed by atoms with Gasteiger partial charge < -0.3 is 10.4 Å². The highest BCUT2D eigenvalue weighted by Crippen LogP contribution is 2.36. The van der Waals surface area contributed by atoms with Gasteiger partial charge in [-0.2, -0.15) is 13.2 Å². The molecule has 0 saturated carbocycles. The molecule has 1 aromatic rings. The predicted molar refractivity (Wildman–Crippen MR) is 78.9 cm³/mol. The van der Waals surface area contributed by atoms with Crippen molar-refractivity contribution in [1.82, 2.24) is 4.90 Å². The van der Waals surface area contributed by atoms with Gasteiger partial charge in [-0.1, -0.05) is 18.5 Å². The minimum atomic E-state index is -4.62. The van der Waals surface area contributed by atoms with Gasteiger partial charge >= 0.3 is 6.18 Å². The summed E-state index contributed by atoms with van der Waals surface area (Å²) in [5.74, 6) is -0.580. The molecule has 0 spiro atoms. The Bertz CT molecular complexity index is 523. The molecule has 1 amide bonds. The highest BCUT2D eigenvalue weighted by molar-refractivity contribution is 6.30. The van der Waals surface area contributed by atoms with Crippen molar-refractivity contribution in [3.8, 4) is 0 Å². The van der Waals surface area contributed by atoms with Crippen molar-refractivity contribution >= 4 is 23.2 Å². The first-order chi connectivity index (χ1) is 10.2. The van der Waals surface area contributed by atoms with Crippen molar-refractivity contribution < 1.29 is 23.1 Å². The fourth-order valence-corrected chi connectivity index (χ4v) is 2.19. The molecule has 0 aliphatic heterocycles. The Morgan fingerprint density at radius 2 is 2.09 bits per heavy atom. The molecule has 0 aromatic heterocycles. The van der Waals surface area contributed by atoms with Gasteiger partial charge in [0, 0.05) is 11.6 Å². The number of likely N-dealkylation sites (N-methyl/N-ethyl adjacent to an activating group) is 1. The molecular weight excluding hydrogens is 321 g/mol. The van der Waals surface area contributed by atoms with E-state index in [0.29, 0.717) is 6.54 Å². The lowest BCUT2D eigenvalue weighted by Crippen LogP contribution is -2.43. The number of alkyl halides is 3. The Balaban J connectivity index is 2.97. The molecule has 1 aromatic carbocycles. The molecular formula is C14H18ClF3N2O2. The number of aliphatic hydroxyl groups excluding tert-OH is 1. The second-order valence-corrected chi connectivity index (χ2v) is 5.14. The number of benzene rings is 1. The summed E-state index contributed by atoms with van der Waals surface area (Å²) < 4.78 is 38.9. The summed E-state index contributed by atoms with van der Waals surface area (Å²) in [4.78, 5) is 13.8. The summed E-state index contributed by atoms with van der Waals surface area (Å²) in [6.07, 6.45) is -4.62. The van der Waals surface area contributed by atoms with Crippen molar-refractivity contribution in [1.29, 1.82) is 0 Å². The fraction of sp³-hybridized carbons (Fsp3) is 0.500. The van der Waals surface area contributed by atoms with E-state index in [0.717, 1.165) is 12.1 Å². The number of nitrogens with one attached hydrogen (secondary N) is 1. The van der Waals surface area contributed by atoms with Crippen LogP contribution >= 0.6 is 11.6 Å². The lowest BCUT2D eigenvalue weighted by molar-refractivity contribution is -0.137. The van der Waals surface area contributed by atoms with Gasteiger partial charge in [0.15, 0.2) is 0 Å². The topological polar surface area (TPSA) is 52.6 Å². The Hall–Kier alpha value is -1.31. The molecule has 0 bridgehead atoms. The van der Waals surface area contributed by atoms with Crippen LogP contribution in [0.5, 0.6) is 0 Å². The molecule has 0 aliphatic rings. The van der Waals surface area contributed by atoms with Crippen LogP contribution in [-0.2, 0) is 11.0 Å². The maximum Gasteiger partial charge on any atom is 0.418 e. The minimum Gasteiger partial charge on any atom is -0.395 e. The van der Waals surface area contributed by atoms with Crippen molar-refractivity contribution in [3.63, 3.8) is 0 Å². The van der Waals surface area contributed by atoms with E-state index in [1.54, 1.807) is 18.7 Å². The van der Waals surface area contributed by atoms with Gasteiger partial charge in [-0.15, -0.1) is 0 Å². The second-order valence-electron chi connectivity index (χ2n) is 4.71. The average molecular weight is 339 g/mol. The first-order valence-corrected chi connectivity index (χ1v) is 7.11. The monoisotopic (exact) mass is 338 g/mol. The van der Waals surface area contributed by atoms with Gasteiger partial charge in [-0.3, -0.25) is 9.69 Å². The number of aliphatic hydroxyl groups is 1. The quantitative estimate of drug-likeness (QED) is 0.838. The number of hydrogen-bond acceptors (Lipinski definition) is 3. The zero-order chi connectivity index (χ0) is 16.9. The smallest absolute Gasteiger partial charge is 0.395 e. The normalized spacial score (nSPS) is 13.3. The molecule has 0 aliphatic carbocycles. The maximum atomic E-state index is 13.0. The summed E-state index contributed by atoms with van der Waals surface area (Å²) in [5, 5.41) is 11.1. The van der Waals surface area contributed by atoms with E-state index in [9.17, 15) is 18.0 Å². The molecule has 124 valence electrons.